The number of nitrogens with one attached hydrogen (secondary N) is 1. The molecule has 1 amide bonds. The second-order valence-corrected chi connectivity index (χ2v) is 17.0. The van der Waals surface area contributed by atoms with E-state index in [1.807, 2.05) is 0 Å². The van der Waals surface area contributed by atoms with Crippen molar-refractivity contribution in [2.24, 2.45) is 51.8 Å². The highest BCUT2D eigenvalue weighted by Crippen LogP contribution is 2.72. The van der Waals surface area contributed by atoms with Gasteiger partial charge in [0.25, 0.3) is 0 Å². The number of allylic oxidation sites excluding steroid dienone is 1. The molecular weight excluding hydrogens is 564 g/mol. The normalized spacial score (nSPS) is 41.9. The lowest BCUT2D eigenvalue weighted by atomic mass is 9.37. The number of fused-ring (bicyclic) bond motifs is 7. The monoisotopic (exact) mass is 630 g/mol. The van der Waals surface area contributed by atoms with Gasteiger partial charge in [-0.05, 0) is 129 Å². The predicted octanol–water partition coefficient (Wildman–Crippen LogP) is 6.82. The van der Waals surface area contributed by atoms with E-state index < -0.39 is 5.54 Å². The van der Waals surface area contributed by atoms with Crippen molar-refractivity contribution in [1.82, 2.24) is 10.2 Å². The van der Waals surface area contributed by atoms with Crippen LogP contribution in [-0.2, 0) is 19.1 Å². The Morgan fingerprint density at radius 3 is 2.29 bits per heavy atom. The lowest BCUT2D eigenvalue weighted by Gasteiger charge is -2.68. The van der Waals surface area contributed by atoms with E-state index in [0.717, 1.165) is 57.2 Å². The lowest BCUT2D eigenvalue weighted by Crippen LogP contribution is -2.64. The van der Waals surface area contributed by atoms with Crippen molar-refractivity contribution >= 4 is 18.2 Å². The Morgan fingerprint density at radius 2 is 1.73 bits per heavy atom. The fourth-order valence-electron chi connectivity index (χ4n) is 12.1. The first-order chi connectivity index (χ1) is 20.6. The summed E-state index contributed by atoms with van der Waals surface area (Å²) < 4.78 is 5.86. The summed E-state index contributed by atoms with van der Waals surface area (Å²) in [5.41, 5.74) is 2.30. The largest absolute Gasteiger partial charge is 0.462 e. The van der Waals surface area contributed by atoms with E-state index in [1.54, 1.807) is 6.92 Å². The number of likely N-dealkylation sites (tertiary alicyclic amines) is 1. The van der Waals surface area contributed by atoms with Gasteiger partial charge in [0.05, 0.1) is 5.54 Å². The van der Waals surface area contributed by atoms with Crippen molar-refractivity contribution in [3.8, 4) is 0 Å². The first kappa shape index (κ1) is 36.1. The van der Waals surface area contributed by atoms with Gasteiger partial charge in [-0.25, -0.2) is 0 Å². The summed E-state index contributed by atoms with van der Waals surface area (Å²) in [6.07, 6.45) is 11.1. The molecule has 7 nitrogen and oxygen atoms in total. The van der Waals surface area contributed by atoms with Crippen LogP contribution in [0.1, 0.15) is 122 Å². The number of nitrogens with zero attached hydrogens (tertiary/aromatic N) is 1. The summed E-state index contributed by atoms with van der Waals surface area (Å²) in [6, 6.07) is 0. The molecule has 0 bridgehead atoms. The fourth-order valence-corrected chi connectivity index (χ4v) is 12.1. The van der Waals surface area contributed by atoms with Gasteiger partial charge in [0.15, 0.2) is 5.78 Å². The summed E-state index contributed by atoms with van der Waals surface area (Å²) >= 11 is 0. The van der Waals surface area contributed by atoms with E-state index in [9.17, 15) is 14.4 Å². The van der Waals surface area contributed by atoms with E-state index in [0.29, 0.717) is 42.6 Å². The number of amides is 1. The Labute approximate surface area is 275 Å². The number of ketones is 1. The molecular formula is C38H66N2O5. The number of aliphatic hydroxyl groups is 1. The maximum atomic E-state index is 13.3. The van der Waals surface area contributed by atoms with Crippen LogP contribution in [0.2, 0.25) is 0 Å². The fraction of sp³-hybridized carbons (Fsp3) is 0.868. The molecule has 1 saturated heterocycles. The third kappa shape index (κ3) is 5.96. The Kier molecular flexibility index (Phi) is 10.5. The third-order valence-corrected chi connectivity index (χ3v) is 13.9. The van der Waals surface area contributed by atoms with Crippen molar-refractivity contribution in [2.45, 2.75) is 132 Å². The van der Waals surface area contributed by atoms with E-state index in [1.165, 1.54) is 31.3 Å². The molecule has 0 aromatic carbocycles. The molecule has 6 aliphatic rings. The standard InChI is InChI=1S/C31H47NO4.C6H13NO.CH4.H2/c1-18(2)26-22(35)16-31(32-17-33)15-10-21-20(27(26)31)8-9-24-29(21,6)13-11-23-28(4,5)25(36-19(3)34)12-14-30(23,24)7;1-7-3-2-6(4-7)5-8;;/h17-18,20-21,23-25H,8-16H2,1-7H3,(H,32,33);6,8H,2-5H2,1H3;1H4;1H/t20?,21?,23?,24?,25-,29-,30-,31+;;;/m0.../s1. The summed E-state index contributed by atoms with van der Waals surface area (Å²) in [5, 5.41) is 11.8. The molecule has 1 aliphatic heterocycles. The summed E-state index contributed by atoms with van der Waals surface area (Å²) in [4.78, 5) is 39.1. The molecule has 7 heteroatoms. The van der Waals surface area contributed by atoms with Crippen molar-refractivity contribution < 1.29 is 25.7 Å². The molecule has 9 atom stereocenters. The van der Waals surface area contributed by atoms with E-state index in [4.69, 9.17) is 9.84 Å². The van der Waals surface area contributed by atoms with Gasteiger partial charge in [-0.15, -0.1) is 0 Å². The average molecular weight is 631 g/mol. The number of rotatable bonds is 5. The smallest absolute Gasteiger partial charge is 0.302 e. The number of aliphatic hydroxyl groups excluding tert-OH is 1. The number of Topliss-reactive ketones (excluding diaryl/α,β-unsaturated/α-hetero) is 1. The van der Waals surface area contributed by atoms with E-state index in [-0.39, 0.29) is 48.9 Å². The number of carbonyl (C=O) groups excluding carboxylic acids is 3. The second kappa shape index (κ2) is 13.1. The van der Waals surface area contributed by atoms with Crippen LogP contribution >= 0.6 is 0 Å². The third-order valence-electron chi connectivity index (χ3n) is 13.9. The highest BCUT2D eigenvalue weighted by molar-refractivity contribution is 6.01. The molecule has 6 rings (SSSR count). The Bertz CT molecular complexity index is 1170. The summed E-state index contributed by atoms with van der Waals surface area (Å²) in [7, 11) is 2.09. The second-order valence-electron chi connectivity index (χ2n) is 17.0. The minimum absolute atomic E-state index is 0. The minimum atomic E-state index is -0.450. The van der Waals surface area contributed by atoms with Gasteiger partial charge in [0.2, 0.25) is 6.41 Å². The predicted molar refractivity (Wildman–Crippen MR) is 181 cm³/mol. The van der Waals surface area contributed by atoms with Gasteiger partial charge in [-0.3, -0.25) is 14.4 Å². The Balaban J connectivity index is 0.000000505. The molecule has 5 aliphatic carbocycles. The van der Waals surface area contributed by atoms with Crippen LogP contribution in [0, 0.1) is 51.8 Å². The van der Waals surface area contributed by atoms with Gasteiger partial charge in [0.1, 0.15) is 6.10 Å². The summed E-state index contributed by atoms with van der Waals surface area (Å²) in [5.74, 6) is 2.96. The van der Waals surface area contributed by atoms with E-state index >= 15 is 0 Å². The number of esters is 1. The van der Waals surface area contributed by atoms with Crippen LogP contribution in [0.5, 0.6) is 0 Å². The molecule has 45 heavy (non-hydrogen) atoms. The highest BCUT2D eigenvalue weighted by Gasteiger charge is 2.66. The van der Waals surface area contributed by atoms with Crippen LogP contribution in [0.25, 0.3) is 0 Å². The van der Waals surface area contributed by atoms with Gasteiger partial charge >= 0.3 is 5.97 Å². The quantitative estimate of drug-likeness (QED) is 0.256. The summed E-state index contributed by atoms with van der Waals surface area (Å²) in [6.45, 7) is 18.2. The van der Waals surface area contributed by atoms with Crippen LogP contribution in [0.3, 0.4) is 0 Å². The first-order valence-electron chi connectivity index (χ1n) is 17.6. The number of hydrogen-bond donors (Lipinski definition) is 2. The molecule has 0 spiro atoms. The number of ether oxygens (including phenoxy) is 1. The maximum absolute atomic E-state index is 13.3. The lowest BCUT2D eigenvalue weighted by molar-refractivity contribution is -0.211. The first-order valence-corrected chi connectivity index (χ1v) is 17.6. The van der Waals surface area contributed by atoms with Crippen LogP contribution in [0.15, 0.2) is 11.1 Å². The molecule has 5 fully saturated rings. The van der Waals surface area contributed by atoms with Gasteiger partial charge in [0, 0.05) is 33.3 Å². The molecule has 1 heterocycles. The molecule has 0 aromatic heterocycles. The molecule has 2 N–H and O–H groups in total. The van der Waals surface area contributed by atoms with Crippen molar-refractivity contribution in [3.63, 3.8) is 0 Å². The molecule has 258 valence electrons. The molecule has 4 saturated carbocycles. The van der Waals surface area contributed by atoms with Crippen LogP contribution < -0.4 is 5.32 Å². The molecule has 5 unspecified atom stereocenters. The van der Waals surface area contributed by atoms with Gasteiger partial charge in [-0.2, -0.15) is 0 Å². The maximum Gasteiger partial charge on any atom is 0.302 e. The van der Waals surface area contributed by atoms with Crippen molar-refractivity contribution in [2.75, 3.05) is 26.7 Å². The SMILES string of the molecule is C.CC(=O)O[C@H]1CC[C@@]2(C)C(CC[C@@]3(C)C4CC[C@@]5(NC=O)CC(=O)C(C(C)C)=C5C4CCC32)C1(C)C.CN1CCC(CO)C1.[HH]. The zero-order valence-corrected chi connectivity index (χ0v) is 28.8. The number of hydrogen-bond acceptors (Lipinski definition) is 6. The topological polar surface area (TPSA) is 95.9 Å². The zero-order chi connectivity index (χ0) is 32.2. The Hall–Kier alpha value is -1.73. The number of carbonyl (C=O) groups is 3. The van der Waals surface area contributed by atoms with Crippen molar-refractivity contribution in [3.05, 3.63) is 11.1 Å². The van der Waals surface area contributed by atoms with E-state index in [2.05, 4.69) is 58.8 Å². The molecule has 0 radical (unpaired) electrons. The Morgan fingerprint density at radius 1 is 1.04 bits per heavy atom. The minimum Gasteiger partial charge on any atom is -0.462 e. The van der Waals surface area contributed by atoms with Gasteiger partial charge in [-0.1, -0.05) is 49.0 Å². The van der Waals surface area contributed by atoms with Crippen LogP contribution in [-0.4, -0.2) is 66.6 Å². The average Bonchev–Trinajstić information content (AvgIpc) is 3.50. The molecule has 0 aromatic rings. The zero-order valence-electron chi connectivity index (χ0n) is 28.8. The highest BCUT2D eigenvalue weighted by atomic mass is 16.5. The van der Waals surface area contributed by atoms with Gasteiger partial charge < -0.3 is 20.1 Å². The van der Waals surface area contributed by atoms with Crippen molar-refractivity contribution in [1.29, 1.82) is 0 Å². The van der Waals surface area contributed by atoms with Crippen LogP contribution in [0.4, 0.5) is 0 Å².